The molecule has 18 rings (SSSR count). The topological polar surface area (TPSA) is 77.3 Å². The fraction of sp³-hybridized carbons (Fsp3) is 0.0714. The third-order valence-electron chi connectivity index (χ3n) is 18.7. The molecule has 4 aromatic heterocycles. The molecular formula is C84H58N6S2. The SMILES string of the molecule is CC1(C)c2ccccc2-c2c(-c3ccc4sc5cc(-c6nc(-c7ccccc7)nc(-c7ccccc7)n6)ccc5c4c3)cccc21.CC1(C)c2ccccc2-c2ccc(-c3ccc4sc5cc(-c6nc(-c7ccccc7)nc(-c7ccccc7)n6)ccc5c4c3)cc21. The highest BCUT2D eigenvalue weighted by molar-refractivity contribution is 7.26. The maximum atomic E-state index is 4.96. The van der Waals surface area contributed by atoms with Crippen LogP contribution in [0.4, 0.5) is 0 Å². The molecule has 0 amide bonds. The van der Waals surface area contributed by atoms with Crippen LogP contribution in [0.1, 0.15) is 49.9 Å². The number of hydrogen-bond donors (Lipinski definition) is 0. The molecule has 12 aromatic carbocycles. The fourth-order valence-electron chi connectivity index (χ4n) is 13.9. The van der Waals surface area contributed by atoms with Crippen molar-refractivity contribution in [2.75, 3.05) is 0 Å². The van der Waals surface area contributed by atoms with E-state index in [-0.39, 0.29) is 10.8 Å². The molecule has 2 aliphatic rings. The summed E-state index contributed by atoms with van der Waals surface area (Å²) in [4.78, 5) is 29.5. The van der Waals surface area contributed by atoms with Gasteiger partial charge in [-0.15, -0.1) is 22.7 Å². The second-order valence-corrected chi connectivity index (χ2v) is 27.1. The molecule has 4 heterocycles. The van der Waals surface area contributed by atoms with Gasteiger partial charge in [-0.05, 0) is 109 Å². The molecule has 0 atom stereocenters. The van der Waals surface area contributed by atoms with Crippen LogP contribution >= 0.6 is 22.7 Å². The molecule has 6 nitrogen and oxygen atoms in total. The predicted molar refractivity (Wildman–Crippen MR) is 384 cm³/mol. The minimum Gasteiger partial charge on any atom is -0.208 e. The predicted octanol–water partition coefficient (Wildman–Crippen LogP) is 22.4. The zero-order valence-electron chi connectivity index (χ0n) is 51.1. The average molecular weight is 1220 g/mol. The van der Waals surface area contributed by atoms with E-state index in [2.05, 4.69) is 185 Å². The van der Waals surface area contributed by atoms with Gasteiger partial charge in [0.2, 0.25) is 0 Å². The molecule has 0 saturated heterocycles. The summed E-state index contributed by atoms with van der Waals surface area (Å²) in [5, 5.41) is 5.05. The van der Waals surface area contributed by atoms with E-state index in [1.165, 1.54) is 107 Å². The van der Waals surface area contributed by atoms with E-state index >= 15 is 0 Å². The van der Waals surface area contributed by atoms with Gasteiger partial charge in [0, 0.05) is 84.6 Å². The number of nitrogens with zero attached hydrogens (tertiary/aromatic N) is 6. The Morgan fingerprint density at radius 1 is 0.217 bits per heavy atom. The molecule has 8 heteroatoms. The summed E-state index contributed by atoms with van der Waals surface area (Å²) in [6.07, 6.45) is 0. The van der Waals surface area contributed by atoms with Crippen molar-refractivity contribution in [2.45, 2.75) is 38.5 Å². The molecule has 92 heavy (non-hydrogen) atoms. The van der Waals surface area contributed by atoms with Crippen LogP contribution in [0.3, 0.4) is 0 Å². The Labute approximate surface area is 542 Å². The van der Waals surface area contributed by atoms with Crippen molar-refractivity contribution in [3.63, 3.8) is 0 Å². The Hall–Kier alpha value is -10.9. The van der Waals surface area contributed by atoms with Gasteiger partial charge < -0.3 is 0 Å². The summed E-state index contributed by atoms with van der Waals surface area (Å²) in [5.41, 5.74) is 21.9. The van der Waals surface area contributed by atoms with Crippen LogP contribution in [-0.4, -0.2) is 29.9 Å². The van der Waals surface area contributed by atoms with Crippen LogP contribution in [0.15, 0.2) is 279 Å². The standard InChI is InChI=1S/2C42H29N3S/c1-42(2)34-18-10-9-16-32(34)38-30(17-11-19-35(38)42)28-21-23-36-33(24-28)31-22-20-29(25-37(31)46-36)41-44-39(26-12-5-3-6-13-26)43-40(45-41)27-14-7-4-8-15-27;1-42(2)35-16-10-9-15-31(35)32-20-17-29(24-36(32)42)28-19-22-37-34(23-28)33-21-18-30(25-38(33)46-37)41-44-39(26-11-5-3-6-12-26)43-40(45-41)27-13-7-4-8-14-27/h2*3-25H,1-2H3. The van der Waals surface area contributed by atoms with Gasteiger partial charge in [-0.1, -0.05) is 264 Å². The summed E-state index contributed by atoms with van der Waals surface area (Å²) in [5.74, 6) is 4.04. The first kappa shape index (κ1) is 55.2. The molecule has 0 saturated carbocycles. The van der Waals surface area contributed by atoms with E-state index in [4.69, 9.17) is 29.9 Å². The molecule has 0 unspecified atom stereocenters. The lowest BCUT2D eigenvalue weighted by Gasteiger charge is -2.22. The lowest BCUT2D eigenvalue weighted by atomic mass is 9.81. The number of rotatable bonds is 8. The smallest absolute Gasteiger partial charge is 0.164 e. The van der Waals surface area contributed by atoms with Crippen LogP contribution in [0.5, 0.6) is 0 Å². The van der Waals surface area contributed by atoms with Crippen molar-refractivity contribution in [3.8, 4) is 113 Å². The second-order valence-electron chi connectivity index (χ2n) is 25.0. The van der Waals surface area contributed by atoms with E-state index in [0.717, 1.165) is 33.4 Å². The average Bonchev–Trinajstić information content (AvgIpc) is 1.59. The van der Waals surface area contributed by atoms with E-state index in [9.17, 15) is 0 Å². The molecule has 0 spiro atoms. The first-order valence-electron chi connectivity index (χ1n) is 31.2. The van der Waals surface area contributed by atoms with E-state index in [0.29, 0.717) is 34.9 Å². The maximum Gasteiger partial charge on any atom is 0.164 e. The van der Waals surface area contributed by atoms with Crippen LogP contribution in [0.25, 0.3) is 153 Å². The van der Waals surface area contributed by atoms with Gasteiger partial charge in [0.1, 0.15) is 0 Å². The summed E-state index contributed by atoms with van der Waals surface area (Å²) in [6, 6.07) is 99.0. The summed E-state index contributed by atoms with van der Waals surface area (Å²) >= 11 is 3.63. The Balaban J connectivity index is 0.000000141. The van der Waals surface area contributed by atoms with Crippen molar-refractivity contribution in [3.05, 3.63) is 301 Å². The van der Waals surface area contributed by atoms with Crippen molar-refractivity contribution in [1.29, 1.82) is 0 Å². The molecule has 16 aromatic rings. The monoisotopic (exact) mass is 1210 g/mol. The minimum atomic E-state index is -0.0205. The van der Waals surface area contributed by atoms with Crippen LogP contribution in [0, 0.1) is 0 Å². The first-order chi connectivity index (χ1) is 45.1. The van der Waals surface area contributed by atoms with Crippen molar-refractivity contribution in [2.24, 2.45) is 0 Å². The van der Waals surface area contributed by atoms with Gasteiger partial charge in [-0.2, -0.15) is 0 Å². The van der Waals surface area contributed by atoms with Gasteiger partial charge in [-0.3, -0.25) is 0 Å². The number of aromatic nitrogens is 6. The quantitative estimate of drug-likeness (QED) is 0.151. The van der Waals surface area contributed by atoms with Gasteiger partial charge in [0.25, 0.3) is 0 Å². The van der Waals surface area contributed by atoms with Gasteiger partial charge in [0.15, 0.2) is 34.9 Å². The number of thiophene rings is 2. The third-order valence-corrected chi connectivity index (χ3v) is 21.0. The van der Waals surface area contributed by atoms with E-state index in [1.54, 1.807) is 0 Å². The molecule has 436 valence electrons. The summed E-state index contributed by atoms with van der Waals surface area (Å²) in [6.45, 7) is 9.36. The van der Waals surface area contributed by atoms with Crippen molar-refractivity contribution >= 4 is 63.0 Å². The lowest BCUT2D eigenvalue weighted by Crippen LogP contribution is -2.14. The molecule has 0 N–H and O–H groups in total. The number of fused-ring (bicyclic) bond motifs is 12. The highest BCUT2D eigenvalue weighted by atomic mass is 32.1. The van der Waals surface area contributed by atoms with Gasteiger partial charge in [-0.25, -0.2) is 29.9 Å². The summed E-state index contributed by atoms with van der Waals surface area (Å²) < 4.78 is 4.99. The zero-order valence-corrected chi connectivity index (χ0v) is 52.7. The van der Waals surface area contributed by atoms with Crippen LogP contribution in [0.2, 0.25) is 0 Å². The maximum absolute atomic E-state index is 4.96. The Morgan fingerprint density at radius 3 is 1.07 bits per heavy atom. The molecule has 0 bridgehead atoms. The molecule has 0 aliphatic heterocycles. The van der Waals surface area contributed by atoms with Gasteiger partial charge >= 0.3 is 0 Å². The molecule has 0 radical (unpaired) electrons. The van der Waals surface area contributed by atoms with Crippen LogP contribution < -0.4 is 0 Å². The van der Waals surface area contributed by atoms with Crippen molar-refractivity contribution < 1.29 is 0 Å². The minimum absolute atomic E-state index is 0.0205. The second kappa shape index (κ2) is 22.0. The number of benzene rings is 12. The molecule has 2 aliphatic carbocycles. The van der Waals surface area contributed by atoms with E-state index < -0.39 is 0 Å². The first-order valence-corrected chi connectivity index (χ1v) is 32.9. The van der Waals surface area contributed by atoms with Crippen LogP contribution in [-0.2, 0) is 10.8 Å². The Kier molecular flexibility index (Phi) is 13.2. The molecular weight excluding hydrogens is 1160 g/mol. The number of hydrogen-bond acceptors (Lipinski definition) is 8. The fourth-order valence-corrected chi connectivity index (χ4v) is 16.2. The highest BCUT2D eigenvalue weighted by Gasteiger charge is 2.37. The van der Waals surface area contributed by atoms with Crippen molar-refractivity contribution in [1.82, 2.24) is 29.9 Å². The molecule has 0 fully saturated rings. The lowest BCUT2D eigenvalue weighted by molar-refractivity contribution is 0.660. The Bertz CT molecular complexity index is 5460. The normalized spacial score (nSPS) is 13.2. The zero-order chi connectivity index (χ0) is 61.7. The van der Waals surface area contributed by atoms with E-state index in [1.807, 2.05) is 144 Å². The summed E-state index contributed by atoms with van der Waals surface area (Å²) in [7, 11) is 0. The highest BCUT2D eigenvalue weighted by Crippen LogP contribution is 2.53. The Morgan fingerprint density at radius 2 is 0.565 bits per heavy atom. The third kappa shape index (κ3) is 9.44. The largest absolute Gasteiger partial charge is 0.208 e. The van der Waals surface area contributed by atoms with Gasteiger partial charge in [0.05, 0.1) is 0 Å².